The van der Waals surface area contributed by atoms with Gasteiger partial charge in [0.1, 0.15) is 0 Å². The zero-order chi connectivity index (χ0) is 16.2. The minimum Gasteiger partial charge on any atom is -0.383 e. The summed E-state index contributed by atoms with van der Waals surface area (Å²) in [5, 5.41) is 1.48. The molecule has 0 fully saturated rings. The summed E-state index contributed by atoms with van der Waals surface area (Å²) in [5.74, 6) is 1.62. The standard InChI is InChI=1S/C16H17ClN2O2S2/c1-21-8-7-19-15(20)14-13(6-9-22-14)18-16(19)23-10-11-4-2-3-5-12(11)17/h2-5H,6-10H2,1H3. The maximum atomic E-state index is 12.7. The van der Waals surface area contributed by atoms with E-state index in [0.717, 1.165) is 38.5 Å². The van der Waals surface area contributed by atoms with E-state index in [4.69, 9.17) is 21.3 Å². The summed E-state index contributed by atoms with van der Waals surface area (Å²) >= 11 is 9.36. The van der Waals surface area contributed by atoms with E-state index in [1.54, 1.807) is 35.2 Å². The third-order valence-corrected chi connectivity index (χ3v) is 6.08. The van der Waals surface area contributed by atoms with Crippen LogP contribution in [-0.2, 0) is 23.5 Å². The summed E-state index contributed by atoms with van der Waals surface area (Å²) in [6.07, 6.45) is 0.861. The average molecular weight is 369 g/mol. The highest BCUT2D eigenvalue weighted by atomic mass is 35.5. The largest absolute Gasteiger partial charge is 0.383 e. The number of hydrogen-bond donors (Lipinski definition) is 0. The fourth-order valence-electron chi connectivity index (χ4n) is 2.37. The molecule has 0 bridgehead atoms. The van der Waals surface area contributed by atoms with Crippen LogP contribution < -0.4 is 5.56 Å². The monoisotopic (exact) mass is 368 g/mol. The molecule has 2 heterocycles. The molecule has 23 heavy (non-hydrogen) atoms. The van der Waals surface area contributed by atoms with E-state index < -0.39 is 0 Å². The summed E-state index contributed by atoms with van der Waals surface area (Å²) < 4.78 is 6.86. The molecule has 4 nitrogen and oxygen atoms in total. The van der Waals surface area contributed by atoms with Crippen molar-refractivity contribution in [2.45, 2.75) is 28.8 Å². The van der Waals surface area contributed by atoms with E-state index in [2.05, 4.69) is 0 Å². The van der Waals surface area contributed by atoms with E-state index in [0.29, 0.717) is 18.9 Å². The summed E-state index contributed by atoms with van der Waals surface area (Å²) in [5.41, 5.74) is 2.02. The van der Waals surface area contributed by atoms with Crippen molar-refractivity contribution in [2.24, 2.45) is 0 Å². The summed E-state index contributed by atoms with van der Waals surface area (Å²) in [6.45, 7) is 1.01. The number of rotatable bonds is 6. The van der Waals surface area contributed by atoms with Gasteiger partial charge >= 0.3 is 0 Å². The SMILES string of the molecule is COCCn1c(SCc2ccccc2Cl)nc2c(c1=O)SCC2. The van der Waals surface area contributed by atoms with Crippen LogP contribution in [0.4, 0.5) is 0 Å². The van der Waals surface area contributed by atoms with Gasteiger partial charge in [-0.1, -0.05) is 41.6 Å². The molecule has 1 aliphatic rings. The maximum Gasteiger partial charge on any atom is 0.268 e. The zero-order valence-corrected chi connectivity index (χ0v) is 15.1. The van der Waals surface area contributed by atoms with Crippen molar-refractivity contribution in [2.75, 3.05) is 19.5 Å². The van der Waals surface area contributed by atoms with Crippen molar-refractivity contribution in [3.8, 4) is 0 Å². The number of aromatic nitrogens is 2. The van der Waals surface area contributed by atoms with Gasteiger partial charge in [-0.05, 0) is 11.6 Å². The van der Waals surface area contributed by atoms with Crippen molar-refractivity contribution in [1.82, 2.24) is 9.55 Å². The van der Waals surface area contributed by atoms with Crippen LogP contribution in [0.1, 0.15) is 11.3 Å². The first kappa shape index (κ1) is 16.9. The number of nitrogens with zero attached hydrogens (tertiary/aromatic N) is 2. The van der Waals surface area contributed by atoms with Crippen LogP contribution >= 0.6 is 35.1 Å². The highest BCUT2D eigenvalue weighted by Gasteiger charge is 2.21. The molecule has 0 amide bonds. The lowest BCUT2D eigenvalue weighted by atomic mass is 10.2. The second kappa shape index (κ2) is 7.75. The van der Waals surface area contributed by atoms with E-state index in [9.17, 15) is 4.79 Å². The first-order valence-electron chi connectivity index (χ1n) is 7.32. The van der Waals surface area contributed by atoms with Crippen LogP contribution in [0.5, 0.6) is 0 Å². The lowest BCUT2D eigenvalue weighted by Gasteiger charge is -2.13. The molecular weight excluding hydrogens is 352 g/mol. The number of ether oxygens (including phenoxy) is 1. The van der Waals surface area contributed by atoms with Gasteiger partial charge in [-0.2, -0.15) is 0 Å². The fourth-order valence-corrected chi connectivity index (χ4v) is 4.74. The Labute approximate surface area is 148 Å². The van der Waals surface area contributed by atoms with Crippen LogP contribution in [0.15, 0.2) is 39.1 Å². The molecule has 3 rings (SSSR count). The first-order chi connectivity index (χ1) is 11.2. The van der Waals surface area contributed by atoms with Gasteiger partial charge in [-0.15, -0.1) is 11.8 Å². The number of halogens is 1. The molecule has 1 aromatic carbocycles. The number of methoxy groups -OCH3 is 1. The lowest BCUT2D eigenvalue weighted by molar-refractivity contribution is 0.182. The van der Waals surface area contributed by atoms with E-state index in [-0.39, 0.29) is 5.56 Å². The predicted octanol–water partition coefficient (Wildman–Crippen LogP) is 3.48. The number of thioether (sulfide) groups is 2. The quantitative estimate of drug-likeness (QED) is 0.577. The van der Waals surface area contributed by atoms with Gasteiger partial charge in [0.2, 0.25) is 0 Å². The third-order valence-electron chi connectivity index (χ3n) is 3.58. The number of hydrogen-bond acceptors (Lipinski definition) is 5. The van der Waals surface area contributed by atoms with Gasteiger partial charge < -0.3 is 4.74 Å². The van der Waals surface area contributed by atoms with Crippen LogP contribution in [0.3, 0.4) is 0 Å². The smallest absolute Gasteiger partial charge is 0.268 e. The molecule has 0 saturated carbocycles. The average Bonchev–Trinajstić information content (AvgIpc) is 3.02. The Morgan fingerprint density at radius 3 is 3.04 bits per heavy atom. The molecule has 2 aromatic rings. The topological polar surface area (TPSA) is 44.1 Å². The Bertz CT molecular complexity index is 764. The third kappa shape index (κ3) is 3.76. The molecule has 0 atom stereocenters. The van der Waals surface area contributed by atoms with Crippen LogP contribution in [0, 0.1) is 0 Å². The lowest BCUT2D eigenvalue weighted by Crippen LogP contribution is -2.27. The molecular formula is C16H17ClN2O2S2. The second-order valence-electron chi connectivity index (χ2n) is 5.10. The van der Waals surface area contributed by atoms with Crippen molar-refractivity contribution < 1.29 is 4.74 Å². The molecule has 7 heteroatoms. The Kier molecular flexibility index (Phi) is 5.69. The van der Waals surface area contributed by atoms with Gasteiger partial charge in [0.25, 0.3) is 5.56 Å². The molecule has 0 N–H and O–H groups in total. The Morgan fingerprint density at radius 2 is 2.26 bits per heavy atom. The number of fused-ring (bicyclic) bond motifs is 1. The molecule has 1 aromatic heterocycles. The maximum absolute atomic E-state index is 12.7. The molecule has 0 unspecified atom stereocenters. The van der Waals surface area contributed by atoms with Gasteiger partial charge in [0.05, 0.1) is 23.7 Å². The Morgan fingerprint density at radius 1 is 1.43 bits per heavy atom. The molecule has 0 saturated heterocycles. The Hall–Kier alpha value is -0.950. The minimum atomic E-state index is 0.0520. The normalized spacial score (nSPS) is 13.3. The number of aryl methyl sites for hydroxylation is 1. The van der Waals surface area contributed by atoms with Gasteiger partial charge in [0.15, 0.2) is 5.16 Å². The highest BCUT2D eigenvalue weighted by Crippen LogP contribution is 2.30. The van der Waals surface area contributed by atoms with Crippen LogP contribution in [-0.4, -0.2) is 29.0 Å². The molecule has 0 spiro atoms. The molecule has 122 valence electrons. The molecule has 1 aliphatic heterocycles. The highest BCUT2D eigenvalue weighted by molar-refractivity contribution is 7.99. The van der Waals surface area contributed by atoms with E-state index in [1.807, 2.05) is 24.3 Å². The summed E-state index contributed by atoms with van der Waals surface area (Å²) in [6, 6.07) is 7.75. The zero-order valence-electron chi connectivity index (χ0n) is 12.8. The van der Waals surface area contributed by atoms with Crippen molar-refractivity contribution in [3.63, 3.8) is 0 Å². The Balaban J connectivity index is 1.89. The minimum absolute atomic E-state index is 0.0520. The van der Waals surface area contributed by atoms with Crippen LogP contribution in [0.25, 0.3) is 0 Å². The first-order valence-corrected chi connectivity index (χ1v) is 9.67. The van der Waals surface area contributed by atoms with Gasteiger partial charge in [-0.3, -0.25) is 9.36 Å². The fraction of sp³-hybridized carbons (Fsp3) is 0.375. The van der Waals surface area contributed by atoms with E-state index in [1.165, 1.54) is 0 Å². The van der Waals surface area contributed by atoms with E-state index >= 15 is 0 Å². The summed E-state index contributed by atoms with van der Waals surface area (Å²) in [7, 11) is 1.64. The molecule has 0 radical (unpaired) electrons. The predicted molar refractivity (Wildman–Crippen MR) is 95.8 cm³/mol. The molecule has 0 aliphatic carbocycles. The van der Waals surface area contributed by atoms with Gasteiger partial charge in [0, 0.05) is 30.1 Å². The van der Waals surface area contributed by atoms with Crippen LogP contribution in [0.2, 0.25) is 5.02 Å². The van der Waals surface area contributed by atoms with Crippen molar-refractivity contribution in [1.29, 1.82) is 0 Å². The second-order valence-corrected chi connectivity index (χ2v) is 7.55. The van der Waals surface area contributed by atoms with Gasteiger partial charge in [-0.25, -0.2) is 4.98 Å². The van der Waals surface area contributed by atoms with Crippen molar-refractivity contribution >= 4 is 35.1 Å². The summed E-state index contributed by atoms with van der Waals surface area (Å²) in [4.78, 5) is 18.2. The number of benzene rings is 1. The van der Waals surface area contributed by atoms with Crippen molar-refractivity contribution in [3.05, 3.63) is 50.9 Å².